The Kier molecular flexibility index (Phi) is 6.24. The molecule has 6 nitrogen and oxygen atoms in total. The third-order valence-electron chi connectivity index (χ3n) is 4.22. The molecule has 1 aromatic rings. The van der Waals surface area contributed by atoms with Gasteiger partial charge in [0.25, 0.3) is 0 Å². The first-order valence-corrected chi connectivity index (χ1v) is 7.81. The van der Waals surface area contributed by atoms with Gasteiger partial charge in [-0.2, -0.15) is 0 Å². The van der Waals surface area contributed by atoms with Gasteiger partial charge in [-0.15, -0.1) is 0 Å². The number of aliphatic hydroxyl groups is 1. The van der Waals surface area contributed by atoms with Crippen LogP contribution in [0.5, 0.6) is 17.2 Å². The molecule has 1 aromatic carbocycles. The molecule has 1 N–H and O–H groups in total. The molecule has 0 bridgehead atoms. The molecule has 1 heterocycles. The summed E-state index contributed by atoms with van der Waals surface area (Å²) in [5, 5.41) is 10.6. The number of benzene rings is 1. The SMILES string of the molecule is COc1cc(OC)c(C(O)CCN2CCC(=O)CC2)c(OC)c1. The summed E-state index contributed by atoms with van der Waals surface area (Å²) in [6.07, 6.45) is 1.05. The van der Waals surface area contributed by atoms with Gasteiger partial charge >= 0.3 is 0 Å². The van der Waals surface area contributed by atoms with Crippen molar-refractivity contribution in [3.8, 4) is 17.2 Å². The highest BCUT2D eigenvalue weighted by molar-refractivity contribution is 5.79. The van der Waals surface area contributed by atoms with E-state index in [0.29, 0.717) is 47.9 Å². The molecule has 0 spiro atoms. The van der Waals surface area contributed by atoms with Crippen LogP contribution < -0.4 is 14.2 Å². The number of rotatable bonds is 7. The van der Waals surface area contributed by atoms with E-state index in [1.54, 1.807) is 33.5 Å². The molecule has 0 radical (unpaired) electrons. The monoisotopic (exact) mass is 323 g/mol. The van der Waals surface area contributed by atoms with E-state index in [0.717, 1.165) is 19.6 Å². The van der Waals surface area contributed by atoms with E-state index in [2.05, 4.69) is 4.90 Å². The second-order valence-electron chi connectivity index (χ2n) is 5.63. The van der Waals surface area contributed by atoms with Crippen molar-refractivity contribution in [2.24, 2.45) is 0 Å². The number of nitrogens with zero attached hydrogens (tertiary/aromatic N) is 1. The zero-order valence-electron chi connectivity index (χ0n) is 14.0. The molecule has 1 aliphatic rings. The van der Waals surface area contributed by atoms with Crippen molar-refractivity contribution < 1.29 is 24.1 Å². The van der Waals surface area contributed by atoms with Gasteiger partial charge in [-0.3, -0.25) is 4.79 Å². The highest BCUT2D eigenvalue weighted by Gasteiger charge is 2.22. The number of ether oxygens (including phenoxy) is 3. The Morgan fingerprint density at radius 2 is 1.65 bits per heavy atom. The number of Topliss-reactive ketones (excluding diaryl/α,β-unsaturated/α-hetero) is 1. The van der Waals surface area contributed by atoms with Crippen molar-refractivity contribution in [3.05, 3.63) is 17.7 Å². The van der Waals surface area contributed by atoms with Crippen molar-refractivity contribution in [1.29, 1.82) is 0 Å². The number of aliphatic hydroxyl groups excluding tert-OH is 1. The Balaban J connectivity index is 2.08. The van der Waals surface area contributed by atoms with Gasteiger partial charge in [0.05, 0.1) is 33.0 Å². The van der Waals surface area contributed by atoms with Crippen molar-refractivity contribution in [2.75, 3.05) is 41.0 Å². The summed E-state index contributed by atoms with van der Waals surface area (Å²) in [5.41, 5.74) is 0.629. The summed E-state index contributed by atoms with van der Waals surface area (Å²) in [6.45, 7) is 2.26. The van der Waals surface area contributed by atoms with Gasteiger partial charge in [-0.05, 0) is 6.42 Å². The molecule has 0 saturated carbocycles. The molecule has 0 amide bonds. The van der Waals surface area contributed by atoms with Crippen LogP contribution in [-0.2, 0) is 4.79 Å². The standard InChI is InChI=1S/C17H25NO5/c1-21-13-10-15(22-2)17(16(11-13)23-3)14(20)6-9-18-7-4-12(19)5-8-18/h10-11,14,20H,4-9H2,1-3H3. The lowest BCUT2D eigenvalue weighted by molar-refractivity contribution is -0.121. The molecule has 1 aliphatic heterocycles. The summed E-state index contributed by atoms with van der Waals surface area (Å²) in [4.78, 5) is 13.5. The van der Waals surface area contributed by atoms with E-state index in [1.165, 1.54) is 0 Å². The normalized spacial score (nSPS) is 17.0. The van der Waals surface area contributed by atoms with Crippen LogP contribution in [0.1, 0.15) is 30.9 Å². The Morgan fingerprint density at radius 1 is 1.09 bits per heavy atom. The molecule has 1 saturated heterocycles. The fraction of sp³-hybridized carbons (Fsp3) is 0.588. The molecule has 0 aromatic heterocycles. The summed E-state index contributed by atoms with van der Waals surface area (Å²) < 4.78 is 16.0. The molecule has 1 atom stereocenters. The third kappa shape index (κ3) is 4.36. The lowest BCUT2D eigenvalue weighted by Gasteiger charge is -2.27. The number of carbonyl (C=O) groups is 1. The first-order chi connectivity index (χ1) is 11.1. The predicted octanol–water partition coefficient (Wildman–Crippen LogP) is 1.80. The summed E-state index contributed by atoms with van der Waals surface area (Å²) in [7, 11) is 4.68. The molecule has 23 heavy (non-hydrogen) atoms. The van der Waals surface area contributed by atoms with Crippen LogP contribution in [0.25, 0.3) is 0 Å². The molecule has 128 valence electrons. The van der Waals surface area contributed by atoms with Crippen LogP contribution in [0.2, 0.25) is 0 Å². The van der Waals surface area contributed by atoms with Crippen LogP contribution in [0.15, 0.2) is 12.1 Å². The first-order valence-electron chi connectivity index (χ1n) is 7.81. The van der Waals surface area contributed by atoms with E-state index in [-0.39, 0.29) is 0 Å². The quantitative estimate of drug-likeness (QED) is 0.825. The second-order valence-corrected chi connectivity index (χ2v) is 5.63. The fourth-order valence-corrected chi connectivity index (χ4v) is 2.84. The van der Waals surface area contributed by atoms with Crippen LogP contribution in [0.4, 0.5) is 0 Å². The molecular formula is C17H25NO5. The van der Waals surface area contributed by atoms with Crippen molar-refractivity contribution in [1.82, 2.24) is 4.90 Å². The van der Waals surface area contributed by atoms with Gasteiger partial charge in [-0.1, -0.05) is 0 Å². The average molecular weight is 323 g/mol. The molecule has 6 heteroatoms. The summed E-state index contributed by atoms with van der Waals surface area (Å²) >= 11 is 0. The Morgan fingerprint density at radius 3 is 2.13 bits per heavy atom. The van der Waals surface area contributed by atoms with Crippen LogP contribution >= 0.6 is 0 Å². The largest absolute Gasteiger partial charge is 0.496 e. The van der Waals surface area contributed by atoms with E-state index >= 15 is 0 Å². The average Bonchev–Trinajstić information content (AvgIpc) is 2.59. The number of hydrogen-bond donors (Lipinski definition) is 1. The maximum Gasteiger partial charge on any atom is 0.135 e. The lowest BCUT2D eigenvalue weighted by Crippen LogP contribution is -2.35. The minimum Gasteiger partial charge on any atom is -0.496 e. The van der Waals surface area contributed by atoms with Gasteiger partial charge in [0.1, 0.15) is 23.0 Å². The van der Waals surface area contributed by atoms with E-state index < -0.39 is 6.10 Å². The Bertz CT molecular complexity index is 511. The third-order valence-corrected chi connectivity index (χ3v) is 4.22. The topological polar surface area (TPSA) is 68.2 Å². The molecule has 1 unspecified atom stereocenters. The summed E-state index contributed by atoms with van der Waals surface area (Å²) in [5.74, 6) is 2.02. The van der Waals surface area contributed by atoms with Crippen LogP contribution in [0, 0.1) is 0 Å². The summed E-state index contributed by atoms with van der Waals surface area (Å²) in [6, 6.07) is 3.47. The molecule has 1 fully saturated rings. The Labute approximate surface area is 136 Å². The number of hydrogen-bond acceptors (Lipinski definition) is 6. The molecule has 0 aliphatic carbocycles. The highest BCUT2D eigenvalue weighted by atomic mass is 16.5. The number of likely N-dealkylation sites (tertiary alicyclic amines) is 1. The molecule has 2 rings (SSSR count). The minimum atomic E-state index is -0.705. The van der Waals surface area contributed by atoms with Crippen LogP contribution in [-0.4, -0.2) is 56.8 Å². The van der Waals surface area contributed by atoms with E-state index in [9.17, 15) is 9.90 Å². The first kappa shape index (κ1) is 17.6. The van der Waals surface area contributed by atoms with Crippen molar-refractivity contribution >= 4 is 5.78 Å². The van der Waals surface area contributed by atoms with Gasteiger partial charge < -0.3 is 24.2 Å². The Hall–Kier alpha value is -1.79. The van der Waals surface area contributed by atoms with E-state index in [4.69, 9.17) is 14.2 Å². The van der Waals surface area contributed by atoms with Gasteiger partial charge in [0, 0.05) is 44.6 Å². The van der Waals surface area contributed by atoms with Gasteiger partial charge in [-0.25, -0.2) is 0 Å². The smallest absolute Gasteiger partial charge is 0.135 e. The maximum atomic E-state index is 11.3. The zero-order chi connectivity index (χ0) is 16.8. The van der Waals surface area contributed by atoms with Crippen molar-refractivity contribution in [3.63, 3.8) is 0 Å². The van der Waals surface area contributed by atoms with E-state index in [1.807, 2.05) is 0 Å². The van der Waals surface area contributed by atoms with Gasteiger partial charge in [0.15, 0.2) is 0 Å². The maximum absolute atomic E-state index is 11.3. The lowest BCUT2D eigenvalue weighted by atomic mass is 10.0. The van der Waals surface area contributed by atoms with Crippen LogP contribution in [0.3, 0.4) is 0 Å². The number of ketones is 1. The number of methoxy groups -OCH3 is 3. The fourth-order valence-electron chi connectivity index (χ4n) is 2.84. The van der Waals surface area contributed by atoms with Crippen molar-refractivity contribution in [2.45, 2.75) is 25.4 Å². The second kappa shape index (κ2) is 8.17. The minimum absolute atomic E-state index is 0.320. The van der Waals surface area contributed by atoms with Gasteiger partial charge in [0.2, 0.25) is 0 Å². The predicted molar refractivity (Wildman–Crippen MR) is 86.4 cm³/mol. The molecular weight excluding hydrogens is 298 g/mol. The number of piperidine rings is 1. The highest BCUT2D eigenvalue weighted by Crippen LogP contribution is 2.39. The zero-order valence-corrected chi connectivity index (χ0v) is 14.0. The number of carbonyl (C=O) groups excluding carboxylic acids is 1.